The Hall–Kier alpha value is -0.590. The molecule has 1 aliphatic heterocycles. The van der Waals surface area contributed by atoms with E-state index in [9.17, 15) is 0 Å². The van der Waals surface area contributed by atoms with Gasteiger partial charge in [0.2, 0.25) is 0 Å². The first kappa shape index (κ1) is 6.53. The van der Waals surface area contributed by atoms with Crippen molar-refractivity contribution < 1.29 is 5.32 Å². The molecule has 1 saturated heterocycles. The lowest BCUT2D eigenvalue weighted by Gasteiger charge is -2.26. The fraction of sp³-hybridized carbons (Fsp3) is 0.833. The van der Waals surface area contributed by atoms with Gasteiger partial charge in [0.15, 0.2) is 0 Å². The molecular weight excluding hydrogens is 114 g/mol. The van der Waals surface area contributed by atoms with Crippen LogP contribution in [0, 0.1) is 11.3 Å². The Morgan fingerprint density at radius 1 is 1.89 bits per heavy atom. The first-order valence-corrected chi connectivity index (χ1v) is 3.28. The van der Waals surface area contributed by atoms with Crippen LogP contribution in [0.1, 0.15) is 6.42 Å². The van der Waals surface area contributed by atoms with Crippen molar-refractivity contribution in [2.24, 2.45) is 0 Å². The number of nitrogens with zero attached hydrogens (tertiary/aromatic N) is 1. The fourth-order valence-corrected chi connectivity index (χ4v) is 1.04. The van der Waals surface area contributed by atoms with Crippen molar-refractivity contribution in [3.05, 3.63) is 0 Å². The predicted molar refractivity (Wildman–Crippen MR) is 33.7 cm³/mol. The van der Waals surface area contributed by atoms with E-state index in [-0.39, 0.29) is 6.04 Å². The van der Waals surface area contributed by atoms with E-state index < -0.39 is 0 Å². The van der Waals surface area contributed by atoms with Crippen molar-refractivity contribution >= 4 is 0 Å². The molecule has 1 rings (SSSR count). The molecule has 1 fully saturated rings. The van der Waals surface area contributed by atoms with Crippen molar-refractivity contribution in [2.45, 2.75) is 18.5 Å². The summed E-state index contributed by atoms with van der Waals surface area (Å²) in [6, 6.07) is 2.78. The van der Waals surface area contributed by atoms with Crippen LogP contribution < -0.4 is 10.6 Å². The van der Waals surface area contributed by atoms with E-state index in [1.807, 2.05) is 7.05 Å². The van der Waals surface area contributed by atoms with Gasteiger partial charge in [0.25, 0.3) is 0 Å². The molecule has 0 aliphatic carbocycles. The van der Waals surface area contributed by atoms with E-state index in [2.05, 4.69) is 16.7 Å². The quantitative estimate of drug-likeness (QED) is 0.470. The number of nitrogens with one attached hydrogen (secondary N) is 1. The van der Waals surface area contributed by atoms with Gasteiger partial charge in [-0.05, 0) is 7.05 Å². The van der Waals surface area contributed by atoms with Gasteiger partial charge in [-0.3, -0.25) is 0 Å². The van der Waals surface area contributed by atoms with Crippen molar-refractivity contribution in [1.82, 2.24) is 5.32 Å². The first-order valence-electron chi connectivity index (χ1n) is 3.28. The van der Waals surface area contributed by atoms with Crippen molar-refractivity contribution in [3.63, 3.8) is 0 Å². The summed E-state index contributed by atoms with van der Waals surface area (Å²) in [6.45, 7) is 1.19. The minimum atomic E-state index is 0.0544. The third-order valence-corrected chi connectivity index (χ3v) is 1.85. The fourth-order valence-electron chi connectivity index (χ4n) is 1.04. The molecule has 0 aromatic rings. The van der Waals surface area contributed by atoms with Crippen molar-refractivity contribution in [3.8, 4) is 6.07 Å². The van der Waals surface area contributed by atoms with Gasteiger partial charge in [0.1, 0.15) is 12.1 Å². The Balaban J connectivity index is 2.30. The molecule has 2 atom stereocenters. The molecule has 0 radical (unpaired) electrons. The number of hydrogen-bond donors (Lipinski definition) is 2. The highest BCUT2D eigenvalue weighted by molar-refractivity contribution is 4.95. The largest absolute Gasteiger partial charge is 0.341 e. The molecule has 0 saturated carbocycles. The predicted octanol–water partition coefficient (Wildman–Crippen LogP) is -1.57. The first-order chi connectivity index (χ1) is 4.38. The summed E-state index contributed by atoms with van der Waals surface area (Å²) in [7, 11) is 1.83. The van der Waals surface area contributed by atoms with Crippen LogP contribution in [0.4, 0.5) is 0 Å². The molecule has 2 unspecified atom stereocenters. The number of nitrogens with two attached hydrogens (primary N) is 1. The minimum Gasteiger partial charge on any atom is -0.341 e. The molecular formula is C6H12N3+. The Morgan fingerprint density at radius 2 is 2.56 bits per heavy atom. The molecule has 0 spiro atoms. The van der Waals surface area contributed by atoms with Gasteiger partial charge in [-0.25, -0.2) is 0 Å². The number of rotatable bonds is 2. The van der Waals surface area contributed by atoms with Gasteiger partial charge in [0.05, 0.1) is 19.0 Å². The number of likely N-dealkylation sites (N-methyl/N-ethyl adjacent to an activating group) is 1. The van der Waals surface area contributed by atoms with Crippen molar-refractivity contribution in [1.29, 1.82) is 5.26 Å². The summed E-state index contributed by atoms with van der Waals surface area (Å²) >= 11 is 0. The molecule has 3 N–H and O–H groups in total. The maximum Gasteiger partial charge on any atom is 0.148 e. The Labute approximate surface area is 55.1 Å². The zero-order chi connectivity index (χ0) is 6.69. The molecule has 3 heteroatoms. The SMILES string of the molecule is CNC(C#N)C1CC[NH2+]1. The highest BCUT2D eigenvalue weighted by Gasteiger charge is 2.29. The Morgan fingerprint density at radius 3 is 2.67 bits per heavy atom. The lowest BCUT2D eigenvalue weighted by molar-refractivity contribution is -0.744. The topological polar surface area (TPSA) is 52.4 Å². The third kappa shape index (κ3) is 1.21. The lowest BCUT2D eigenvalue weighted by atomic mass is 10.00. The van der Waals surface area contributed by atoms with Crippen LogP contribution in [-0.4, -0.2) is 25.7 Å². The second-order valence-electron chi connectivity index (χ2n) is 2.37. The van der Waals surface area contributed by atoms with Crippen LogP contribution in [0.15, 0.2) is 0 Å². The molecule has 50 valence electrons. The lowest BCUT2D eigenvalue weighted by Crippen LogP contribution is -3.01. The van der Waals surface area contributed by atoms with Crippen LogP contribution in [0.2, 0.25) is 0 Å². The standard InChI is InChI=1S/C6H11N3/c1-8-6(4-7)5-2-3-9-5/h5-6,8-9H,2-3H2,1H3/p+1. The van der Waals surface area contributed by atoms with Gasteiger partial charge in [0, 0.05) is 0 Å². The van der Waals surface area contributed by atoms with Gasteiger partial charge in [-0.15, -0.1) is 0 Å². The van der Waals surface area contributed by atoms with E-state index in [4.69, 9.17) is 5.26 Å². The maximum atomic E-state index is 8.53. The maximum absolute atomic E-state index is 8.53. The Bertz CT molecular complexity index is 123. The molecule has 1 aliphatic rings. The molecule has 0 aromatic carbocycles. The summed E-state index contributed by atoms with van der Waals surface area (Å²) in [4.78, 5) is 0. The number of nitriles is 1. The van der Waals surface area contributed by atoms with Crippen LogP contribution in [0.25, 0.3) is 0 Å². The third-order valence-electron chi connectivity index (χ3n) is 1.85. The van der Waals surface area contributed by atoms with Crippen LogP contribution in [0.5, 0.6) is 0 Å². The normalized spacial score (nSPS) is 28.2. The highest BCUT2D eigenvalue weighted by Crippen LogP contribution is 1.96. The van der Waals surface area contributed by atoms with Gasteiger partial charge in [-0.1, -0.05) is 0 Å². The van der Waals surface area contributed by atoms with E-state index >= 15 is 0 Å². The van der Waals surface area contributed by atoms with Crippen LogP contribution in [0.3, 0.4) is 0 Å². The van der Waals surface area contributed by atoms with Crippen LogP contribution in [-0.2, 0) is 0 Å². The summed E-state index contributed by atoms with van der Waals surface area (Å²) < 4.78 is 0. The minimum absolute atomic E-state index is 0.0544. The molecule has 9 heavy (non-hydrogen) atoms. The van der Waals surface area contributed by atoms with Gasteiger partial charge < -0.3 is 10.6 Å². The summed E-state index contributed by atoms with van der Waals surface area (Å²) in [6.07, 6.45) is 1.18. The smallest absolute Gasteiger partial charge is 0.148 e. The summed E-state index contributed by atoms with van der Waals surface area (Å²) in [5.74, 6) is 0. The van der Waals surface area contributed by atoms with Crippen molar-refractivity contribution in [2.75, 3.05) is 13.6 Å². The van der Waals surface area contributed by atoms with E-state index in [0.29, 0.717) is 6.04 Å². The summed E-state index contributed by atoms with van der Waals surface area (Å²) in [5.41, 5.74) is 0. The average Bonchev–Trinajstić information content (AvgIpc) is 1.78. The zero-order valence-corrected chi connectivity index (χ0v) is 5.59. The van der Waals surface area contributed by atoms with Crippen LogP contribution >= 0.6 is 0 Å². The summed E-state index contributed by atoms with van der Waals surface area (Å²) in [5, 5.41) is 13.7. The molecule has 0 bridgehead atoms. The Kier molecular flexibility index (Phi) is 2.04. The van der Waals surface area contributed by atoms with E-state index in [1.165, 1.54) is 13.0 Å². The molecule has 3 nitrogen and oxygen atoms in total. The van der Waals surface area contributed by atoms with E-state index in [1.54, 1.807) is 0 Å². The number of quaternary nitrogens is 1. The van der Waals surface area contributed by atoms with Gasteiger partial charge >= 0.3 is 0 Å². The van der Waals surface area contributed by atoms with Gasteiger partial charge in [-0.2, -0.15) is 5.26 Å². The van der Waals surface area contributed by atoms with E-state index in [0.717, 1.165) is 0 Å². The molecule has 0 aromatic heterocycles. The molecule has 1 heterocycles. The number of hydrogen-bond acceptors (Lipinski definition) is 2. The molecule has 0 amide bonds. The average molecular weight is 126 g/mol. The monoisotopic (exact) mass is 126 g/mol. The highest BCUT2D eigenvalue weighted by atomic mass is 15.1. The second-order valence-corrected chi connectivity index (χ2v) is 2.37. The second kappa shape index (κ2) is 2.81. The zero-order valence-electron chi connectivity index (χ0n) is 5.59.